The van der Waals surface area contributed by atoms with Gasteiger partial charge in [0.15, 0.2) is 0 Å². The second-order valence-electron chi connectivity index (χ2n) is 6.26. The van der Waals surface area contributed by atoms with Crippen LogP contribution in [0.1, 0.15) is 47.5 Å². The van der Waals surface area contributed by atoms with Gasteiger partial charge in [-0.1, -0.05) is 13.8 Å². The second-order valence-corrected chi connectivity index (χ2v) is 6.26. The Bertz CT molecular complexity index is 313. The molecule has 1 aliphatic rings. The number of rotatable bonds is 4. The summed E-state index contributed by atoms with van der Waals surface area (Å²) in [5.41, 5.74) is -0.505. The predicted molar refractivity (Wildman–Crippen MR) is 69.2 cm³/mol. The van der Waals surface area contributed by atoms with Gasteiger partial charge in [-0.3, -0.25) is 4.79 Å². The highest BCUT2D eigenvalue weighted by Gasteiger charge is 2.34. The zero-order valence-corrected chi connectivity index (χ0v) is 11.9. The molecule has 1 fully saturated rings. The number of carbonyl (C=O) groups excluding carboxylic acids is 2. The minimum Gasteiger partial charge on any atom is -0.444 e. The van der Waals surface area contributed by atoms with Crippen LogP contribution in [0.2, 0.25) is 0 Å². The number of amides is 2. The topological polar surface area (TPSA) is 67.4 Å². The van der Waals surface area contributed by atoms with Gasteiger partial charge in [0.2, 0.25) is 5.91 Å². The molecule has 2 amide bonds. The van der Waals surface area contributed by atoms with Gasteiger partial charge in [0, 0.05) is 6.42 Å². The molecule has 0 aromatic carbocycles. The quantitative estimate of drug-likeness (QED) is 0.754. The fraction of sp³-hybridized carbons (Fsp3) is 0.846. The summed E-state index contributed by atoms with van der Waals surface area (Å²) in [5.74, 6) is 0.488. The molecule has 2 N–H and O–H groups in total. The van der Waals surface area contributed by atoms with E-state index in [-0.39, 0.29) is 18.0 Å². The first-order valence-electron chi connectivity index (χ1n) is 6.46. The first kappa shape index (κ1) is 14.8. The SMILES string of the molecule is CC(C)C[C@H](NC(=O)OC(C)(C)C)[C@@H]1CC(=O)N1. The minimum absolute atomic E-state index is 0.0346. The zero-order chi connectivity index (χ0) is 13.9. The monoisotopic (exact) mass is 256 g/mol. The average Bonchev–Trinajstić information content (AvgIpc) is 2.07. The Labute approximate surface area is 109 Å². The highest BCUT2D eigenvalue weighted by molar-refractivity contribution is 5.83. The van der Waals surface area contributed by atoms with E-state index < -0.39 is 11.7 Å². The molecule has 0 bridgehead atoms. The van der Waals surface area contributed by atoms with Gasteiger partial charge in [-0.15, -0.1) is 0 Å². The molecule has 0 aliphatic carbocycles. The van der Waals surface area contributed by atoms with E-state index in [1.54, 1.807) is 0 Å². The molecule has 0 unspecified atom stereocenters. The Hall–Kier alpha value is -1.26. The highest BCUT2D eigenvalue weighted by Crippen LogP contribution is 2.17. The molecule has 0 radical (unpaired) electrons. The van der Waals surface area contributed by atoms with E-state index in [0.29, 0.717) is 12.3 Å². The Kier molecular flexibility index (Phi) is 4.59. The van der Waals surface area contributed by atoms with Gasteiger partial charge in [-0.2, -0.15) is 0 Å². The lowest BCUT2D eigenvalue weighted by molar-refractivity contribution is -0.129. The largest absolute Gasteiger partial charge is 0.444 e. The van der Waals surface area contributed by atoms with Crippen molar-refractivity contribution in [2.75, 3.05) is 0 Å². The Morgan fingerprint density at radius 1 is 1.50 bits per heavy atom. The maximum absolute atomic E-state index is 11.7. The van der Waals surface area contributed by atoms with Gasteiger partial charge in [-0.05, 0) is 33.1 Å². The molecule has 5 heteroatoms. The number of hydrogen-bond donors (Lipinski definition) is 2. The van der Waals surface area contributed by atoms with Crippen LogP contribution < -0.4 is 10.6 Å². The number of hydrogen-bond acceptors (Lipinski definition) is 3. The van der Waals surface area contributed by atoms with E-state index in [1.807, 2.05) is 20.8 Å². The van der Waals surface area contributed by atoms with Crippen LogP contribution >= 0.6 is 0 Å². The van der Waals surface area contributed by atoms with Crippen LogP contribution in [0.25, 0.3) is 0 Å². The van der Waals surface area contributed by atoms with Crippen LogP contribution in [0.4, 0.5) is 4.79 Å². The Balaban J connectivity index is 2.50. The molecular formula is C13H24N2O3. The van der Waals surface area contributed by atoms with E-state index >= 15 is 0 Å². The number of alkyl carbamates (subject to hydrolysis) is 1. The van der Waals surface area contributed by atoms with E-state index in [1.165, 1.54) is 0 Å². The van der Waals surface area contributed by atoms with Crippen LogP contribution in [0.5, 0.6) is 0 Å². The number of ether oxygens (including phenoxy) is 1. The lowest BCUT2D eigenvalue weighted by Gasteiger charge is -2.36. The minimum atomic E-state index is -0.505. The van der Waals surface area contributed by atoms with Gasteiger partial charge in [0.1, 0.15) is 5.60 Å². The van der Waals surface area contributed by atoms with Crippen molar-refractivity contribution in [2.24, 2.45) is 5.92 Å². The molecule has 1 aliphatic heterocycles. The molecule has 0 saturated carbocycles. The van der Waals surface area contributed by atoms with Crippen molar-refractivity contribution >= 4 is 12.0 Å². The van der Waals surface area contributed by atoms with Crippen LogP contribution in [0.15, 0.2) is 0 Å². The smallest absolute Gasteiger partial charge is 0.407 e. The van der Waals surface area contributed by atoms with Gasteiger partial charge >= 0.3 is 6.09 Å². The number of carbonyl (C=O) groups is 2. The fourth-order valence-corrected chi connectivity index (χ4v) is 1.92. The molecule has 0 aromatic heterocycles. The van der Waals surface area contributed by atoms with Crippen LogP contribution in [-0.2, 0) is 9.53 Å². The molecule has 5 nitrogen and oxygen atoms in total. The number of β-lactam (4-membered cyclic amide) rings is 1. The normalized spacial score (nSPS) is 21.0. The molecule has 1 heterocycles. The summed E-state index contributed by atoms with van der Waals surface area (Å²) >= 11 is 0. The standard InChI is InChI=1S/C13H24N2O3/c1-8(2)6-9(10-7-11(16)14-10)15-12(17)18-13(3,4)5/h8-10H,6-7H2,1-5H3,(H,14,16)(H,15,17)/t9-,10-/m0/s1. The Morgan fingerprint density at radius 3 is 2.44 bits per heavy atom. The third kappa shape index (κ3) is 4.94. The summed E-state index contributed by atoms with van der Waals surface area (Å²) in [6.45, 7) is 9.66. The van der Waals surface area contributed by atoms with Gasteiger partial charge in [0.05, 0.1) is 12.1 Å². The molecule has 1 saturated heterocycles. The second kappa shape index (κ2) is 5.59. The predicted octanol–water partition coefficient (Wildman–Crippen LogP) is 1.81. The summed E-state index contributed by atoms with van der Waals surface area (Å²) in [6.07, 6.45) is 0.881. The molecule has 104 valence electrons. The molecule has 0 spiro atoms. The lowest BCUT2D eigenvalue weighted by atomic mass is 9.91. The van der Waals surface area contributed by atoms with Crippen LogP contribution in [-0.4, -0.2) is 29.7 Å². The lowest BCUT2D eigenvalue weighted by Crippen LogP contribution is -2.60. The van der Waals surface area contributed by atoms with Gasteiger partial charge < -0.3 is 15.4 Å². The fourth-order valence-electron chi connectivity index (χ4n) is 1.92. The molecule has 0 aromatic rings. The van der Waals surface area contributed by atoms with Crippen molar-refractivity contribution in [2.45, 2.75) is 65.1 Å². The van der Waals surface area contributed by atoms with Crippen molar-refractivity contribution in [1.82, 2.24) is 10.6 Å². The molecule has 18 heavy (non-hydrogen) atoms. The van der Waals surface area contributed by atoms with E-state index in [0.717, 1.165) is 6.42 Å². The first-order valence-corrected chi connectivity index (χ1v) is 6.46. The maximum Gasteiger partial charge on any atom is 0.407 e. The van der Waals surface area contributed by atoms with E-state index in [9.17, 15) is 9.59 Å². The molecular weight excluding hydrogens is 232 g/mol. The van der Waals surface area contributed by atoms with Crippen LogP contribution in [0, 0.1) is 5.92 Å². The third-order valence-corrected chi connectivity index (χ3v) is 2.66. The van der Waals surface area contributed by atoms with Gasteiger partial charge in [0.25, 0.3) is 0 Å². The highest BCUT2D eigenvalue weighted by atomic mass is 16.6. The zero-order valence-electron chi connectivity index (χ0n) is 11.9. The van der Waals surface area contributed by atoms with Crippen molar-refractivity contribution < 1.29 is 14.3 Å². The summed E-state index contributed by atoms with van der Waals surface area (Å²) in [6, 6.07) is -0.0232. The Morgan fingerprint density at radius 2 is 2.06 bits per heavy atom. The van der Waals surface area contributed by atoms with Crippen molar-refractivity contribution in [1.29, 1.82) is 0 Å². The summed E-state index contributed by atoms with van der Waals surface area (Å²) in [7, 11) is 0. The third-order valence-electron chi connectivity index (χ3n) is 2.66. The summed E-state index contributed by atoms with van der Waals surface area (Å²) in [4.78, 5) is 22.7. The number of nitrogens with one attached hydrogen (secondary N) is 2. The van der Waals surface area contributed by atoms with Crippen molar-refractivity contribution in [3.8, 4) is 0 Å². The summed E-state index contributed by atoms with van der Waals surface area (Å²) in [5, 5.41) is 5.66. The van der Waals surface area contributed by atoms with Crippen molar-refractivity contribution in [3.05, 3.63) is 0 Å². The van der Waals surface area contributed by atoms with Crippen LogP contribution in [0.3, 0.4) is 0 Å². The molecule has 2 atom stereocenters. The van der Waals surface area contributed by atoms with Gasteiger partial charge in [-0.25, -0.2) is 4.79 Å². The summed E-state index contributed by atoms with van der Waals surface area (Å²) < 4.78 is 5.23. The maximum atomic E-state index is 11.7. The first-order chi connectivity index (χ1) is 8.17. The van der Waals surface area contributed by atoms with E-state index in [4.69, 9.17) is 4.74 Å². The van der Waals surface area contributed by atoms with Crippen molar-refractivity contribution in [3.63, 3.8) is 0 Å². The average molecular weight is 256 g/mol. The van der Waals surface area contributed by atoms with E-state index in [2.05, 4.69) is 24.5 Å². The molecule has 1 rings (SSSR count).